The van der Waals surface area contributed by atoms with E-state index in [1.165, 1.54) is 18.3 Å². The van der Waals surface area contributed by atoms with E-state index in [0.717, 1.165) is 5.82 Å². The van der Waals surface area contributed by atoms with E-state index in [0.29, 0.717) is 11.4 Å². The van der Waals surface area contributed by atoms with E-state index in [1.54, 1.807) is 24.4 Å². The zero-order chi connectivity index (χ0) is 19.1. The van der Waals surface area contributed by atoms with Crippen LogP contribution in [-0.2, 0) is 0 Å². The molecule has 2 rings (SSSR count). The summed E-state index contributed by atoms with van der Waals surface area (Å²) in [6, 6.07) is 8.25. The van der Waals surface area contributed by atoms with Gasteiger partial charge in [-0.05, 0) is 32.0 Å². The van der Waals surface area contributed by atoms with Gasteiger partial charge in [0, 0.05) is 36.7 Å². The monoisotopic (exact) mass is 363 g/mol. The van der Waals surface area contributed by atoms with Crippen molar-refractivity contribution in [3.05, 3.63) is 54.0 Å². The van der Waals surface area contributed by atoms with Gasteiger partial charge in [0.2, 0.25) is 0 Å². The third-order valence-corrected chi connectivity index (χ3v) is 3.69. The molecular formula is C18H23F2N5O. The van der Waals surface area contributed by atoms with Crippen LogP contribution in [0.3, 0.4) is 0 Å². The first kappa shape index (κ1) is 19.4. The molecule has 0 radical (unpaired) electrons. The van der Waals surface area contributed by atoms with Gasteiger partial charge in [0.15, 0.2) is 0 Å². The second kappa shape index (κ2) is 8.98. The van der Waals surface area contributed by atoms with Crippen LogP contribution in [0.2, 0.25) is 0 Å². The minimum absolute atomic E-state index is 0.0577. The first-order chi connectivity index (χ1) is 12.4. The minimum Gasteiger partial charge on any atom is -0.457 e. The Hall–Kier alpha value is -2.90. The highest BCUT2D eigenvalue weighted by Crippen LogP contribution is 2.21. The number of aromatic nitrogens is 2. The van der Waals surface area contributed by atoms with Crippen molar-refractivity contribution in [2.24, 2.45) is 5.73 Å². The average molecular weight is 363 g/mol. The van der Waals surface area contributed by atoms with Crippen molar-refractivity contribution in [1.29, 1.82) is 0 Å². The molecule has 2 aromatic rings. The first-order valence-electron chi connectivity index (χ1n) is 8.14. The lowest BCUT2D eigenvalue weighted by molar-refractivity contribution is 0.151. The van der Waals surface area contributed by atoms with E-state index in [4.69, 9.17) is 10.5 Å². The van der Waals surface area contributed by atoms with Crippen LogP contribution in [0, 0.1) is 0 Å². The van der Waals surface area contributed by atoms with E-state index in [9.17, 15) is 8.78 Å². The minimum atomic E-state index is -2.52. The van der Waals surface area contributed by atoms with Crippen LogP contribution in [0.4, 0.5) is 20.3 Å². The van der Waals surface area contributed by atoms with Crippen LogP contribution < -0.4 is 20.7 Å². The highest BCUT2D eigenvalue weighted by atomic mass is 19.3. The van der Waals surface area contributed by atoms with Crippen molar-refractivity contribution < 1.29 is 13.5 Å². The molecule has 0 spiro atoms. The molecule has 1 aromatic carbocycles. The van der Waals surface area contributed by atoms with Gasteiger partial charge in [-0.1, -0.05) is 12.1 Å². The Morgan fingerprint density at radius 1 is 1.35 bits per heavy atom. The summed E-state index contributed by atoms with van der Waals surface area (Å²) in [4.78, 5) is 10.4. The second-order valence-corrected chi connectivity index (χ2v) is 5.98. The summed E-state index contributed by atoms with van der Waals surface area (Å²) in [5, 5.41) is 2.87. The molecule has 0 saturated heterocycles. The van der Waals surface area contributed by atoms with Crippen molar-refractivity contribution >= 4 is 11.5 Å². The predicted molar refractivity (Wildman–Crippen MR) is 98.4 cm³/mol. The summed E-state index contributed by atoms with van der Waals surface area (Å²) in [5.74, 6) is 0.745. The highest BCUT2D eigenvalue weighted by Gasteiger charge is 2.09. The Morgan fingerprint density at radius 3 is 2.81 bits per heavy atom. The van der Waals surface area contributed by atoms with Gasteiger partial charge in [-0.2, -0.15) is 4.98 Å². The lowest BCUT2D eigenvalue weighted by atomic mass is 10.2. The molecule has 1 aromatic heterocycles. The van der Waals surface area contributed by atoms with E-state index in [2.05, 4.69) is 29.1 Å². The number of halogens is 2. The van der Waals surface area contributed by atoms with Gasteiger partial charge >= 0.3 is 6.01 Å². The number of nitrogens with two attached hydrogens (primary N) is 1. The lowest BCUT2D eigenvalue weighted by Gasteiger charge is -2.22. The van der Waals surface area contributed by atoms with Gasteiger partial charge in [-0.15, -0.1) is 0 Å². The molecule has 0 saturated carbocycles. The van der Waals surface area contributed by atoms with Crippen molar-refractivity contribution in [2.75, 3.05) is 23.9 Å². The number of benzene rings is 1. The summed E-state index contributed by atoms with van der Waals surface area (Å²) in [6.45, 7) is 4.17. The van der Waals surface area contributed by atoms with Crippen LogP contribution in [0.5, 0.6) is 6.01 Å². The van der Waals surface area contributed by atoms with E-state index >= 15 is 0 Å². The first-order valence-corrected chi connectivity index (χ1v) is 8.14. The molecule has 0 bridgehead atoms. The lowest BCUT2D eigenvalue weighted by Crippen LogP contribution is -2.26. The molecule has 140 valence electrons. The molecule has 6 nitrogen and oxygen atoms in total. The Balaban J connectivity index is 1.94. The van der Waals surface area contributed by atoms with Gasteiger partial charge in [-0.25, -0.2) is 13.8 Å². The fourth-order valence-corrected chi connectivity index (χ4v) is 1.99. The molecule has 1 heterocycles. The molecule has 0 unspecified atom stereocenters. The zero-order valence-corrected chi connectivity index (χ0v) is 15.0. The standard InChI is InChI=1S/C18H23F2N5O/c1-12(2)25(3)16-7-8-22-18(24-16)26-11-14(21)10-23-15-6-4-5-13(9-15)17(19)20/h4-10,12,17,23H,11,21H2,1-3H3/b14-10-. The zero-order valence-electron chi connectivity index (χ0n) is 15.0. The molecule has 0 fully saturated rings. The number of nitrogens with zero attached hydrogens (tertiary/aromatic N) is 3. The van der Waals surface area contributed by atoms with Crippen LogP contribution in [0.1, 0.15) is 25.8 Å². The number of hydrogen-bond acceptors (Lipinski definition) is 6. The Bertz CT molecular complexity index is 752. The van der Waals surface area contributed by atoms with Crippen molar-refractivity contribution in [1.82, 2.24) is 9.97 Å². The third-order valence-electron chi connectivity index (χ3n) is 3.69. The van der Waals surface area contributed by atoms with E-state index in [-0.39, 0.29) is 24.2 Å². The maximum Gasteiger partial charge on any atom is 0.318 e. The fourth-order valence-electron chi connectivity index (χ4n) is 1.99. The Morgan fingerprint density at radius 2 is 2.12 bits per heavy atom. The summed E-state index contributed by atoms with van der Waals surface area (Å²) in [7, 11) is 1.93. The SMILES string of the molecule is CC(C)N(C)c1ccnc(OC/C(N)=C/Nc2cccc(C(F)F)c2)n1. The second-order valence-electron chi connectivity index (χ2n) is 5.98. The summed E-state index contributed by atoms with van der Waals surface area (Å²) >= 11 is 0. The maximum absolute atomic E-state index is 12.7. The van der Waals surface area contributed by atoms with Crippen molar-refractivity contribution in [3.63, 3.8) is 0 Å². The van der Waals surface area contributed by atoms with E-state index in [1.807, 2.05) is 11.9 Å². The average Bonchev–Trinajstić information content (AvgIpc) is 2.64. The van der Waals surface area contributed by atoms with Gasteiger partial charge < -0.3 is 20.7 Å². The number of alkyl halides is 2. The summed E-state index contributed by atoms with van der Waals surface area (Å²) in [5.41, 5.74) is 6.71. The third kappa shape index (κ3) is 5.58. The van der Waals surface area contributed by atoms with Crippen LogP contribution in [0.15, 0.2) is 48.4 Å². The van der Waals surface area contributed by atoms with Crippen LogP contribution in [-0.4, -0.2) is 29.7 Å². The number of hydrogen-bond donors (Lipinski definition) is 2. The molecule has 3 N–H and O–H groups in total. The summed E-state index contributed by atoms with van der Waals surface area (Å²) in [6.07, 6.45) is 0.592. The molecule has 0 aliphatic carbocycles. The number of anilines is 2. The highest BCUT2D eigenvalue weighted by molar-refractivity contribution is 5.48. The molecule has 0 aliphatic heterocycles. The number of nitrogens with one attached hydrogen (secondary N) is 1. The molecule has 26 heavy (non-hydrogen) atoms. The maximum atomic E-state index is 12.7. The van der Waals surface area contributed by atoms with Gasteiger partial charge in [-0.3, -0.25) is 0 Å². The molecular weight excluding hydrogens is 340 g/mol. The molecule has 0 aliphatic rings. The molecule has 8 heteroatoms. The largest absolute Gasteiger partial charge is 0.457 e. The normalized spacial score (nSPS) is 11.7. The smallest absolute Gasteiger partial charge is 0.318 e. The van der Waals surface area contributed by atoms with E-state index < -0.39 is 6.43 Å². The summed E-state index contributed by atoms with van der Waals surface area (Å²) < 4.78 is 30.9. The van der Waals surface area contributed by atoms with Gasteiger partial charge in [0.05, 0.1) is 5.70 Å². The van der Waals surface area contributed by atoms with Gasteiger partial charge in [0.1, 0.15) is 12.4 Å². The quantitative estimate of drug-likeness (QED) is 0.747. The fraction of sp³-hybridized carbons (Fsp3) is 0.333. The van der Waals surface area contributed by atoms with Crippen molar-refractivity contribution in [2.45, 2.75) is 26.3 Å². The number of ether oxygens (including phenoxy) is 1. The predicted octanol–water partition coefficient (Wildman–Crippen LogP) is 3.55. The Kier molecular flexibility index (Phi) is 6.71. The number of rotatable bonds is 8. The van der Waals surface area contributed by atoms with Crippen LogP contribution >= 0.6 is 0 Å². The van der Waals surface area contributed by atoms with Crippen LogP contribution in [0.25, 0.3) is 0 Å². The Labute approximate surface area is 151 Å². The molecule has 0 atom stereocenters. The molecule has 0 amide bonds. The van der Waals surface area contributed by atoms with Gasteiger partial charge in [0.25, 0.3) is 6.43 Å². The van der Waals surface area contributed by atoms with Crippen molar-refractivity contribution in [3.8, 4) is 6.01 Å². The topological polar surface area (TPSA) is 76.3 Å².